The lowest BCUT2D eigenvalue weighted by atomic mass is 9.77. The number of rotatable bonds is 3. The highest BCUT2D eigenvalue weighted by atomic mass is 16.2. The number of nitrogens with zero attached hydrogens (tertiary/aromatic N) is 1. The van der Waals surface area contributed by atoms with Gasteiger partial charge in [0.1, 0.15) is 17.5 Å². The third-order valence-electron chi connectivity index (χ3n) is 5.29. The van der Waals surface area contributed by atoms with E-state index < -0.39 is 5.92 Å². The minimum absolute atomic E-state index is 0.0306. The molecule has 122 valence electrons. The zero-order valence-corrected chi connectivity index (χ0v) is 13.8. The number of hydrogen-bond acceptors (Lipinski definition) is 3. The maximum Gasteiger partial charge on any atom is 0.149 e. The van der Waals surface area contributed by atoms with Crippen LogP contribution in [0.1, 0.15) is 56.9 Å². The van der Waals surface area contributed by atoms with E-state index in [9.17, 15) is 9.59 Å². The number of ketones is 2. The molecule has 3 heteroatoms. The third-order valence-corrected chi connectivity index (χ3v) is 5.29. The summed E-state index contributed by atoms with van der Waals surface area (Å²) in [5, 5.41) is 0. The quantitative estimate of drug-likeness (QED) is 0.626. The van der Waals surface area contributed by atoms with Gasteiger partial charge in [-0.05, 0) is 43.1 Å². The molecule has 3 nitrogen and oxygen atoms in total. The minimum atomic E-state index is -0.602. The highest BCUT2D eigenvalue weighted by Gasteiger charge is 2.35. The van der Waals surface area contributed by atoms with Gasteiger partial charge in [-0.1, -0.05) is 37.3 Å². The molecule has 0 radical (unpaired) electrons. The molecule has 0 unspecified atom stereocenters. The topological polar surface area (TPSA) is 46.5 Å². The Bertz CT molecular complexity index is 567. The van der Waals surface area contributed by atoms with Gasteiger partial charge in [0, 0.05) is 25.1 Å². The summed E-state index contributed by atoms with van der Waals surface area (Å²) in [6.07, 6.45) is 7.13. The van der Waals surface area contributed by atoms with E-state index in [4.69, 9.17) is 0 Å². The van der Waals surface area contributed by atoms with Gasteiger partial charge in [0.2, 0.25) is 0 Å². The van der Waals surface area contributed by atoms with Gasteiger partial charge in [-0.3, -0.25) is 14.6 Å². The molecule has 0 amide bonds. The highest BCUT2D eigenvalue weighted by molar-refractivity contribution is 6.16. The first kappa shape index (κ1) is 16.1. The Labute approximate surface area is 138 Å². The first-order valence-electron chi connectivity index (χ1n) is 8.77. The van der Waals surface area contributed by atoms with E-state index in [2.05, 4.69) is 11.9 Å². The number of hydrogen-bond donors (Lipinski definition) is 0. The van der Waals surface area contributed by atoms with E-state index in [1.807, 2.05) is 30.3 Å². The molecular weight excluding hydrogens is 286 g/mol. The maximum absolute atomic E-state index is 12.4. The Kier molecular flexibility index (Phi) is 5.04. The molecule has 1 aromatic carbocycles. The minimum Gasteiger partial charge on any atom is -0.298 e. The van der Waals surface area contributed by atoms with Gasteiger partial charge in [-0.15, -0.1) is 0 Å². The van der Waals surface area contributed by atoms with Crippen LogP contribution in [-0.4, -0.2) is 23.8 Å². The number of aliphatic imine (C=N–C) groups is 1. The second kappa shape index (κ2) is 7.20. The average molecular weight is 311 g/mol. The van der Waals surface area contributed by atoms with Gasteiger partial charge < -0.3 is 0 Å². The van der Waals surface area contributed by atoms with Crippen LogP contribution in [0.5, 0.6) is 0 Å². The smallest absolute Gasteiger partial charge is 0.149 e. The monoisotopic (exact) mass is 311 g/mol. The van der Waals surface area contributed by atoms with Gasteiger partial charge in [-0.2, -0.15) is 0 Å². The fraction of sp³-hybridized carbons (Fsp3) is 0.550. The Morgan fingerprint density at radius 2 is 1.57 bits per heavy atom. The van der Waals surface area contributed by atoms with Crippen LogP contribution >= 0.6 is 0 Å². The van der Waals surface area contributed by atoms with Gasteiger partial charge >= 0.3 is 0 Å². The second-order valence-corrected chi connectivity index (χ2v) is 7.14. The van der Waals surface area contributed by atoms with Gasteiger partial charge in [0.25, 0.3) is 0 Å². The molecule has 0 heterocycles. The molecule has 2 aliphatic rings. The number of benzene rings is 1. The van der Waals surface area contributed by atoms with Crippen LogP contribution in [0.25, 0.3) is 0 Å². The van der Waals surface area contributed by atoms with Crippen molar-refractivity contribution in [2.45, 2.75) is 57.4 Å². The third kappa shape index (κ3) is 3.95. The summed E-state index contributed by atoms with van der Waals surface area (Å²) < 4.78 is 0. The fourth-order valence-corrected chi connectivity index (χ4v) is 3.72. The van der Waals surface area contributed by atoms with E-state index in [-0.39, 0.29) is 17.5 Å². The Morgan fingerprint density at radius 1 is 0.957 bits per heavy atom. The summed E-state index contributed by atoms with van der Waals surface area (Å²) in [4.78, 5) is 29.4. The molecule has 23 heavy (non-hydrogen) atoms. The standard InChI is InChI=1S/C20H25NO2/c1-14-7-9-17(10-8-14)21-13-18-19(22)11-16(12-20(18)23)15-5-3-2-4-6-15/h2-6,13-14,16-18H,7-12H2,1H3. The molecule has 0 spiro atoms. The van der Waals surface area contributed by atoms with Crippen molar-refractivity contribution >= 4 is 17.8 Å². The highest BCUT2D eigenvalue weighted by Crippen LogP contribution is 2.31. The molecule has 0 bridgehead atoms. The molecule has 2 aliphatic carbocycles. The number of Topliss-reactive ketones (excluding diaryl/α,β-unsaturated/α-hetero) is 2. The molecule has 0 aliphatic heterocycles. The van der Waals surface area contributed by atoms with Crippen molar-refractivity contribution in [1.82, 2.24) is 0 Å². The molecule has 0 atom stereocenters. The molecular formula is C20H25NO2. The van der Waals surface area contributed by atoms with E-state index in [0.717, 1.165) is 24.3 Å². The number of carbonyl (C=O) groups is 2. The summed E-state index contributed by atoms with van der Waals surface area (Å²) in [5.74, 6) is 0.280. The zero-order valence-electron chi connectivity index (χ0n) is 13.8. The van der Waals surface area contributed by atoms with Crippen LogP contribution in [0.15, 0.2) is 35.3 Å². The molecule has 2 saturated carbocycles. The summed E-state index contributed by atoms with van der Waals surface area (Å²) in [6, 6.07) is 10.2. The fourth-order valence-electron chi connectivity index (χ4n) is 3.72. The van der Waals surface area contributed by atoms with E-state index in [0.29, 0.717) is 18.9 Å². The summed E-state index contributed by atoms with van der Waals surface area (Å²) in [6.45, 7) is 2.28. The number of carbonyl (C=O) groups excluding carboxylic acids is 2. The van der Waals surface area contributed by atoms with Crippen LogP contribution in [0, 0.1) is 11.8 Å². The van der Waals surface area contributed by atoms with Crippen molar-refractivity contribution in [3.63, 3.8) is 0 Å². The van der Waals surface area contributed by atoms with Crippen LogP contribution in [0.3, 0.4) is 0 Å². The Morgan fingerprint density at radius 3 is 2.17 bits per heavy atom. The lowest BCUT2D eigenvalue weighted by molar-refractivity contribution is -0.133. The molecule has 0 aromatic heterocycles. The zero-order chi connectivity index (χ0) is 16.2. The Balaban J connectivity index is 1.62. The molecule has 1 aromatic rings. The van der Waals surface area contributed by atoms with Crippen LogP contribution in [0.4, 0.5) is 0 Å². The van der Waals surface area contributed by atoms with Crippen LogP contribution in [0.2, 0.25) is 0 Å². The van der Waals surface area contributed by atoms with Crippen molar-refractivity contribution in [2.75, 3.05) is 0 Å². The van der Waals surface area contributed by atoms with Crippen molar-refractivity contribution in [1.29, 1.82) is 0 Å². The van der Waals surface area contributed by atoms with E-state index in [1.165, 1.54) is 12.8 Å². The lowest BCUT2D eigenvalue weighted by Crippen LogP contribution is -2.34. The first-order chi connectivity index (χ1) is 11.1. The van der Waals surface area contributed by atoms with Crippen LogP contribution in [-0.2, 0) is 9.59 Å². The largest absolute Gasteiger partial charge is 0.298 e. The molecule has 3 rings (SSSR count). The van der Waals surface area contributed by atoms with Crippen molar-refractivity contribution < 1.29 is 9.59 Å². The SMILES string of the molecule is CC1CCC(N=CC2C(=O)CC(c3ccccc3)CC2=O)CC1. The lowest BCUT2D eigenvalue weighted by Gasteiger charge is -2.26. The first-order valence-corrected chi connectivity index (χ1v) is 8.77. The van der Waals surface area contributed by atoms with Crippen molar-refractivity contribution in [3.05, 3.63) is 35.9 Å². The summed E-state index contributed by atoms with van der Waals surface area (Å²) >= 11 is 0. The molecule has 0 saturated heterocycles. The van der Waals surface area contributed by atoms with E-state index >= 15 is 0 Å². The van der Waals surface area contributed by atoms with Crippen molar-refractivity contribution in [2.24, 2.45) is 16.8 Å². The van der Waals surface area contributed by atoms with Crippen molar-refractivity contribution in [3.8, 4) is 0 Å². The second-order valence-electron chi connectivity index (χ2n) is 7.14. The Hall–Kier alpha value is -1.77. The van der Waals surface area contributed by atoms with Crippen LogP contribution < -0.4 is 0 Å². The predicted octanol–water partition coefficient (Wildman–Crippen LogP) is 3.97. The van der Waals surface area contributed by atoms with Gasteiger partial charge in [-0.25, -0.2) is 0 Å². The average Bonchev–Trinajstić information content (AvgIpc) is 2.56. The van der Waals surface area contributed by atoms with Gasteiger partial charge in [0.05, 0.1) is 0 Å². The predicted molar refractivity (Wildman–Crippen MR) is 91.8 cm³/mol. The maximum atomic E-state index is 12.4. The summed E-state index contributed by atoms with van der Waals surface area (Å²) in [5.41, 5.74) is 1.09. The summed E-state index contributed by atoms with van der Waals surface area (Å²) in [7, 11) is 0. The van der Waals surface area contributed by atoms with E-state index in [1.54, 1.807) is 6.21 Å². The normalized spacial score (nSPS) is 32.4. The molecule has 2 fully saturated rings. The molecule has 0 N–H and O–H groups in total. The van der Waals surface area contributed by atoms with Gasteiger partial charge in [0.15, 0.2) is 0 Å².